The van der Waals surface area contributed by atoms with Gasteiger partial charge in [-0.1, -0.05) is 17.7 Å². The number of nitrogens with zero attached hydrogens (tertiary/aromatic N) is 1. The SMILES string of the molecule is COCCNCc1ccc(Cl)cc1N(C)C(C)CCSC. The number of benzene rings is 1. The highest BCUT2D eigenvalue weighted by molar-refractivity contribution is 7.98. The third kappa shape index (κ3) is 6.47. The van der Waals surface area contributed by atoms with Crippen LogP contribution in [-0.2, 0) is 11.3 Å². The Morgan fingerprint density at radius 3 is 2.86 bits per heavy atom. The Morgan fingerprint density at radius 2 is 2.19 bits per heavy atom. The van der Waals surface area contributed by atoms with Gasteiger partial charge in [-0.05, 0) is 43.0 Å². The van der Waals surface area contributed by atoms with Gasteiger partial charge in [0.1, 0.15) is 0 Å². The molecule has 1 aromatic carbocycles. The van der Waals surface area contributed by atoms with E-state index in [0.717, 1.165) is 24.7 Å². The molecule has 1 N–H and O–H groups in total. The molecule has 21 heavy (non-hydrogen) atoms. The van der Waals surface area contributed by atoms with Gasteiger partial charge in [0.05, 0.1) is 6.61 Å². The number of methoxy groups -OCH3 is 1. The van der Waals surface area contributed by atoms with Crippen LogP contribution in [0.4, 0.5) is 5.69 Å². The molecule has 0 saturated heterocycles. The van der Waals surface area contributed by atoms with Crippen LogP contribution in [0.15, 0.2) is 18.2 Å². The van der Waals surface area contributed by atoms with Crippen molar-refractivity contribution >= 4 is 29.1 Å². The Morgan fingerprint density at radius 1 is 1.43 bits per heavy atom. The van der Waals surface area contributed by atoms with E-state index in [1.54, 1.807) is 7.11 Å². The number of anilines is 1. The van der Waals surface area contributed by atoms with Crippen molar-refractivity contribution in [3.8, 4) is 0 Å². The fourth-order valence-electron chi connectivity index (χ4n) is 2.13. The molecule has 1 rings (SSSR count). The second kappa shape index (κ2) is 10.3. The third-order valence-corrected chi connectivity index (χ3v) is 4.51. The fourth-order valence-corrected chi connectivity index (χ4v) is 2.87. The summed E-state index contributed by atoms with van der Waals surface area (Å²) >= 11 is 8.07. The van der Waals surface area contributed by atoms with E-state index in [-0.39, 0.29) is 0 Å². The molecule has 0 aliphatic heterocycles. The molecule has 0 heterocycles. The topological polar surface area (TPSA) is 24.5 Å². The van der Waals surface area contributed by atoms with Gasteiger partial charge in [0.2, 0.25) is 0 Å². The maximum absolute atomic E-state index is 6.18. The van der Waals surface area contributed by atoms with Crippen LogP contribution >= 0.6 is 23.4 Å². The zero-order valence-electron chi connectivity index (χ0n) is 13.5. The average molecular weight is 331 g/mol. The van der Waals surface area contributed by atoms with E-state index >= 15 is 0 Å². The second-order valence-electron chi connectivity index (χ2n) is 5.18. The van der Waals surface area contributed by atoms with E-state index in [0.29, 0.717) is 6.04 Å². The Labute approximate surface area is 138 Å². The first-order valence-electron chi connectivity index (χ1n) is 7.30. The summed E-state index contributed by atoms with van der Waals surface area (Å²) in [6.45, 7) is 4.67. The molecule has 1 unspecified atom stereocenters. The van der Waals surface area contributed by atoms with Crippen molar-refractivity contribution in [2.24, 2.45) is 0 Å². The van der Waals surface area contributed by atoms with Gasteiger partial charge in [-0.2, -0.15) is 11.8 Å². The Kier molecular flexibility index (Phi) is 9.16. The Hall–Kier alpha value is -0.420. The first kappa shape index (κ1) is 18.6. The molecule has 120 valence electrons. The van der Waals surface area contributed by atoms with Crippen molar-refractivity contribution in [2.75, 3.05) is 44.2 Å². The van der Waals surface area contributed by atoms with E-state index in [4.69, 9.17) is 16.3 Å². The van der Waals surface area contributed by atoms with Crippen LogP contribution in [0.5, 0.6) is 0 Å². The predicted molar refractivity (Wildman–Crippen MR) is 95.9 cm³/mol. The van der Waals surface area contributed by atoms with Gasteiger partial charge in [-0.15, -0.1) is 0 Å². The van der Waals surface area contributed by atoms with Crippen molar-refractivity contribution in [1.82, 2.24) is 5.32 Å². The number of hydrogen-bond acceptors (Lipinski definition) is 4. The summed E-state index contributed by atoms with van der Waals surface area (Å²) in [5.74, 6) is 1.17. The van der Waals surface area contributed by atoms with Gasteiger partial charge in [0.25, 0.3) is 0 Å². The lowest BCUT2D eigenvalue weighted by Gasteiger charge is -2.29. The quantitative estimate of drug-likeness (QED) is 0.662. The van der Waals surface area contributed by atoms with Crippen molar-refractivity contribution in [2.45, 2.75) is 25.9 Å². The maximum Gasteiger partial charge on any atom is 0.0587 e. The lowest BCUT2D eigenvalue weighted by Crippen LogP contribution is -2.31. The maximum atomic E-state index is 6.18. The molecular formula is C16H27ClN2OS. The minimum Gasteiger partial charge on any atom is -0.383 e. The molecule has 0 amide bonds. The number of rotatable bonds is 10. The number of hydrogen-bond donors (Lipinski definition) is 1. The highest BCUT2D eigenvalue weighted by Gasteiger charge is 2.14. The molecule has 0 aliphatic rings. The molecule has 0 radical (unpaired) electrons. The van der Waals surface area contributed by atoms with Crippen molar-refractivity contribution < 1.29 is 4.74 Å². The molecule has 1 atom stereocenters. The zero-order valence-corrected chi connectivity index (χ0v) is 15.1. The van der Waals surface area contributed by atoms with E-state index in [9.17, 15) is 0 Å². The van der Waals surface area contributed by atoms with Crippen LogP contribution in [0.1, 0.15) is 18.9 Å². The van der Waals surface area contributed by atoms with Gasteiger partial charge in [-0.25, -0.2) is 0 Å². The Balaban J connectivity index is 2.75. The summed E-state index contributed by atoms with van der Waals surface area (Å²) in [4.78, 5) is 2.33. The van der Waals surface area contributed by atoms with Crippen LogP contribution in [0.2, 0.25) is 5.02 Å². The van der Waals surface area contributed by atoms with Crippen molar-refractivity contribution in [1.29, 1.82) is 0 Å². The molecule has 0 aromatic heterocycles. The molecule has 0 spiro atoms. The number of halogens is 1. The van der Waals surface area contributed by atoms with Gasteiger partial charge in [0.15, 0.2) is 0 Å². The molecule has 0 fully saturated rings. The van der Waals surface area contributed by atoms with Crippen LogP contribution in [0.25, 0.3) is 0 Å². The van der Waals surface area contributed by atoms with Crippen molar-refractivity contribution in [3.05, 3.63) is 28.8 Å². The lowest BCUT2D eigenvalue weighted by molar-refractivity contribution is 0.199. The summed E-state index contributed by atoms with van der Waals surface area (Å²) in [6.07, 6.45) is 3.32. The summed E-state index contributed by atoms with van der Waals surface area (Å²) in [6, 6.07) is 6.62. The standard InChI is InChI=1S/C16H27ClN2OS/c1-13(7-10-21-4)19(2)16-11-15(17)6-5-14(16)12-18-8-9-20-3/h5-6,11,13,18H,7-10,12H2,1-4H3. The van der Waals surface area contributed by atoms with Crippen LogP contribution < -0.4 is 10.2 Å². The first-order valence-corrected chi connectivity index (χ1v) is 9.07. The lowest BCUT2D eigenvalue weighted by atomic mass is 10.1. The molecule has 5 heteroatoms. The molecular weight excluding hydrogens is 304 g/mol. The summed E-state index contributed by atoms with van der Waals surface area (Å²) in [5.41, 5.74) is 2.48. The van der Waals surface area contributed by atoms with Gasteiger partial charge in [-0.3, -0.25) is 0 Å². The molecule has 1 aromatic rings. The molecule has 3 nitrogen and oxygen atoms in total. The van der Waals surface area contributed by atoms with Crippen molar-refractivity contribution in [3.63, 3.8) is 0 Å². The van der Waals surface area contributed by atoms with Crippen LogP contribution in [0, 0.1) is 0 Å². The zero-order chi connectivity index (χ0) is 15.7. The minimum atomic E-state index is 0.494. The van der Waals surface area contributed by atoms with E-state index in [1.165, 1.54) is 23.4 Å². The number of thioether (sulfide) groups is 1. The van der Waals surface area contributed by atoms with Crippen LogP contribution in [0.3, 0.4) is 0 Å². The van der Waals surface area contributed by atoms with E-state index in [1.807, 2.05) is 17.8 Å². The van der Waals surface area contributed by atoms with Gasteiger partial charge >= 0.3 is 0 Å². The molecule has 0 saturated carbocycles. The number of ether oxygens (including phenoxy) is 1. The largest absolute Gasteiger partial charge is 0.383 e. The third-order valence-electron chi connectivity index (χ3n) is 3.63. The average Bonchev–Trinajstić information content (AvgIpc) is 2.49. The predicted octanol–water partition coefficient (Wildman–Crippen LogP) is 3.65. The van der Waals surface area contributed by atoms with Gasteiger partial charge < -0.3 is 15.0 Å². The highest BCUT2D eigenvalue weighted by atomic mass is 35.5. The highest BCUT2D eigenvalue weighted by Crippen LogP contribution is 2.26. The molecule has 0 aliphatic carbocycles. The summed E-state index contributed by atoms with van der Waals surface area (Å²) in [5, 5.41) is 4.19. The number of nitrogens with one attached hydrogen (secondary N) is 1. The van der Waals surface area contributed by atoms with E-state index < -0.39 is 0 Å². The summed E-state index contributed by atoms with van der Waals surface area (Å²) < 4.78 is 5.06. The fraction of sp³-hybridized carbons (Fsp3) is 0.625. The van der Waals surface area contributed by atoms with Crippen LogP contribution in [-0.4, -0.2) is 45.4 Å². The summed E-state index contributed by atoms with van der Waals surface area (Å²) in [7, 11) is 3.87. The minimum absolute atomic E-state index is 0.494. The Bertz CT molecular complexity index is 417. The first-order chi connectivity index (χ1) is 10.1. The van der Waals surface area contributed by atoms with E-state index in [2.05, 4.69) is 42.6 Å². The second-order valence-corrected chi connectivity index (χ2v) is 6.61. The smallest absolute Gasteiger partial charge is 0.0587 e. The normalized spacial score (nSPS) is 12.4. The monoisotopic (exact) mass is 330 g/mol. The van der Waals surface area contributed by atoms with Gasteiger partial charge in [0, 0.05) is 44.0 Å². The molecule has 0 bridgehead atoms.